The quantitative estimate of drug-likeness (QED) is 0.947. The van der Waals surface area contributed by atoms with E-state index in [0.29, 0.717) is 18.9 Å². The van der Waals surface area contributed by atoms with Gasteiger partial charge in [0, 0.05) is 18.0 Å². The van der Waals surface area contributed by atoms with Gasteiger partial charge in [0.15, 0.2) is 0 Å². The summed E-state index contributed by atoms with van der Waals surface area (Å²) in [6.45, 7) is 5.01. The van der Waals surface area contributed by atoms with Crippen molar-refractivity contribution >= 4 is 28.6 Å². The average molecular weight is 303 g/mol. The first-order valence-electron chi connectivity index (χ1n) is 6.89. The van der Waals surface area contributed by atoms with Gasteiger partial charge < -0.3 is 15.0 Å². The third kappa shape index (κ3) is 3.06. The van der Waals surface area contributed by atoms with E-state index in [0.717, 1.165) is 29.3 Å². The van der Waals surface area contributed by atoms with Gasteiger partial charge in [-0.05, 0) is 19.1 Å². The standard InChI is InChI=1S/C15H17N3O2S/c1-11-14(16-10-21-11)15(19)17-12-4-2-3-5-13(12)18-6-8-20-9-7-18/h2-5,10H,6-9H2,1H3,(H,17,19). The molecule has 1 amide bonds. The van der Waals surface area contributed by atoms with E-state index in [1.165, 1.54) is 11.3 Å². The Labute approximate surface area is 127 Å². The second-order valence-corrected chi connectivity index (χ2v) is 5.89. The van der Waals surface area contributed by atoms with Crippen molar-refractivity contribution in [2.24, 2.45) is 0 Å². The maximum atomic E-state index is 12.3. The van der Waals surface area contributed by atoms with Crippen LogP contribution in [0.3, 0.4) is 0 Å². The summed E-state index contributed by atoms with van der Waals surface area (Å²) in [5.74, 6) is -0.158. The number of anilines is 2. The van der Waals surface area contributed by atoms with E-state index < -0.39 is 0 Å². The van der Waals surface area contributed by atoms with E-state index >= 15 is 0 Å². The number of para-hydroxylation sites is 2. The minimum atomic E-state index is -0.158. The van der Waals surface area contributed by atoms with Gasteiger partial charge in [0.05, 0.1) is 30.1 Å². The van der Waals surface area contributed by atoms with Crippen LogP contribution in [0, 0.1) is 6.92 Å². The van der Waals surface area contributed by atoms with Gasteiger partial charge in [-0.1, -0.05) is 12.1 Å². The van der Waals surface area contributed by atoms with Crippen molar-refractivity contribution in [2.75, 3.05) is 36.5 Å². The molecule has 1 aromatic heterocycles. The number of rotatable bonds is 3. The molecule has 6 heteroatoms. The molecule has 1 aromatic carbocycles. The normalized spacial score (nSPS) is 15.0. The van der Waals surface area contributed by atoms with Gasteiger partial charge >= 0.3 is 0 Å². The zero-order chi connectivity index (χ0) is 14.7. The van der Waals surface area contributed by atoms with Gasteiger partial charge in [0.1, 0.15) is 5.69 Å². The molecule has 0 atom stereocenters. The molecule has 0 saturated carbocycles. The summed E-state index contributed by atoms with van der Waals surface area (Å²) < 4.78 is 5.38. The van der Waals surface area contributed by atoms with Crippen molar-refractivity contribution in [3.05, 3.63) is 40.3 Å². The summed E-state index contributed by atoms with van der Waals surface area (Å²) in [4.78, 5) is 19.6. The fourth-order valence-corrected chi connectivity index (χ4v) is 2.94. The lowest BCUT2D eigenvalue weighted by Crippen LogP contribution is -2.36. The number of benzene rings is 1. The number of nitrogens with one attached hydrogen (secondary N) is 1. The molecule has 21 heavy (non-hydrogen) atoms. The minimum Gasteiger partial charge on any atom is -0.378 e. The predicted octanol–water partition coefficient (Wildman–Crippen LogP) is 2.54. The molecule has 2 aromatic rings. The van der Waals surface area contributed by atoms with Crippen molar-refractivity contribution in [3.63, 3.8) is 0 Å². The second-order valence-electron chi connectivity index (χ2n) is 4.83. The Morgan fingerprint density at radius 2 is 2.10 bits per heavy atom. The molecule has 2 heterocycles. The lowest BCUT2D eigenvalue weighted by molar-refractivity contribution is 0.102. The molecule has 1 aliphatic heterocycles. The van der Waals surface area contributed by atoms with E-state index in [9.17, 15) is 4.79 Å². The van der Waals surface area contributed by atoms with Crippen LogP contribution in [-0.2, 0) is 4.74 Å². The molecular weight excluding hydrogens is 286 g/mol. The zero-order valence-corrected chi connectivity index (χ0v) is 12.7. The summed E-state index contributed by atoms with van der Waals surface area (Å²) in [7, 11) is 0. The number of carbonyl (C=O) groups excluding carboxylic acids is 1. The number of carbonyl (C=O) groups is 1. The van der Waals surface area contributed by atoms with Gasteiger partial charge in [0.25, 0.3) is 5.91 Å². The number of thiazole rings is 1. The van der Waals surface area contributed by atoms with Crippen LogP contribution < -0.4 is 10.2 Å². The molecule has 0 unspecified atom stereocenters. The number of morpholine rings is 1. The molecule has 0 aliphatic carbocycles. The van der Waals surface area contributed by atoms with E-state index in [4.69, 9.17) is 4.74 Å². The number of ether oxygens (including phenoxy) is 1. The highest BCUT2D eigenvalue weighted by atomic mass is 32.1. The first kappa shape index (κ1) is 14.0. The van der Waals surface area contributed by atoms with Gasteiger partial charge in [-0.25, -0.2) is 4.98 Å². The molecule has 1 N–H and O–H groups in total. The van der Waals surface area contributed by atoms with Crippen molar-refractivity contribution in [3.8, 4) is 0 Å². The van der Waals surface area contributed by atoms with Crippen LogP contribution in [0.2, 0.25) is 0 Å². The van der Waals surface area contributed by atoms with Gasteiger partial charge in [0.2, 0.25) is 0 Å². The number of nitrogens with zero attached hydrogens (tertiary/aromatic N) is 2. The molecule has 3 rings (SSSR count). The van der Waals surface area contributed by atoms with Crippen molar-refractivity contribution < 1.29 is 9.53 Å². The number of hydrogen-bond acceptors (Lipinski definition) is 5. The third-order valence-corrected chi connectivity index (χ3v) is 4.22. The Balaban J connectivity index is 1.82. The van der Waals surface area contributed by atoms with Crippen LogP contribution in [0.15, 0.2) is 29.8 Å². The molecule has 0 spiro atoms. The topological polar surface area (TPSA) is 54.5 Å². The Hall–Kier alpha value is -1.92. The predicted molar refractivity (Wildman–Crippen MR) is 84.3 cm³/mol. The van der Waals surface area contributed by atoms with E-state index in [1.54, 1.807) is 5.51 Å². The van der Waals surface area contributed by atoms with E-state index in [2.05, 4.69) is 15.2 Å². The SMILES string of the molecule is Cc1scnc1C(=O)Nc1ccccc1N1CCOCC1. The number of amides is 1. The van der Waals surface area contributed by atoms with Crippen LogP contribution in [0.1, 0.15) is 15.4 Å². The summed E-state index contributed by atoms with van der Waals surface area (Å²) in [5.41, 5.74) is 4.04. The first-order chi connectivity index (χ1) is 10.3. The smallest absolute Gasteiger partial charge is 0.275 e. The Kier molecular flexibility index (Phi) is 4.17. The van der Waals surface area contributed by atoms with Crippen LogP contribution in [-0.4, -0.2) is 37.2 Å². The highest BCUT2D eigenvalue weighted by molar-refractivity contribution is 7.09. The Morgan fingerprint density at radius 3 is 2.81 bits per heavy atom. The molecular formula is C15H17N3O2S. The molecule has 0 radical (unpaired) electrons. The highest BCUT2D eigenvalue weighted by Crippen LogP contribution is 2.27. The molecule has 110 valence electrons. The minimum absolute atomic E-state index is 0.158. The first-order valence-corrected chi connectivity index (χ1v) is 7.77. The number of aromatic nitrogens is 1. The lowest BCUT2D eigenvalue weighted by atomic mass is 10.2. The molecule has 1 fully saturated rings. The van der Waals surface area contributed by atoms with Gasteiger partial charge in [-0.3, -0.25) is 4.79 Å². The summed E-state index contributed by atoms with van der Waals surface area (Å²) in [6, 6.07) is 7.85. The van der Waals surface area contributed by atoms with Gasteiger partial charge in [-0.2, -0.15) is 0 Å². The van der Waals surface area contributed by atoms with Crippen molar-refractivity contribution in [1.82, 2.24) is 4.98 Å². The van der Waals surface area contributed by atoms with Crippen LogP contribution in [0.5, 0.6) is 0 Å². The molecule has 1 aliphatic rings. The third-order valence-electron chi connectivity index (χ3n) is 3.46. The Bertz CT molecular complexity index is 635. The van der Waals surface area contributed by atoms with E-state index in [1.807, 2.05) is 31.2 Å². The zero-order valence-electron chi connectivity index (χ0n) is 11.8. The van der Waals surface area contributed by atoms with Crippen molar-refractivity contribution in [1.29, 1.82) is 0 Å². The summed E-state index contributed by atoms with van der Waals surface area (Å²) in [6.07, 6.45) is 0. The fraction of sp³-hybridized carbons (Fsp3) is 0.333. The second kappa shape index (κ2) is 6.24. The maximum absolute atomic E-state index is 12.3. The molecule has 5 nitrogen and oxygen atoms in total. The monoisotopic (exact) mass is 303 g/mol. The molecule has 1 saturated heterocycles. The lowest BCUT2D eigenvalue weighted by Gasteiger charge is -2.30. The van der Waals surface area contributed by atoms with Gasteiger partial charge in [-0.15, -0.1) is 11.3 Å². The highest BCUT2D eigenvalue weighted by Gasteiger charge is 2.17. The Morgan fingerprint density at radius 1 is 1.33 bits per heavy atom. The fourth-order valence-electron chi connectivity index (χ4n) is 2.36. The number of aryl methyl sites for hydroxylation is 1. The van der Waals surface area contributed by atoms with Crippen LogP contribution >= 0.6 is 11.3 Å². The molecule has 0 bridgehead atoms. The summed E-state index contributed by atoms with van der Waals surface area (Å²) in [5, 5.41) is 2.97. The largest absolute Gasteiger partial charge is 0.378 e. The van der Waals surface area contributed by atoms with Crippen molar-refractivity contribution in [2.45, 2.75) is 6.92 Å². The van der Waals surface area contributed by atoms with Crippen LogP contribution in [0.4, 0.5) is 11.4 Å². The van der Waals surface area contributed by atoms with E-state index in [-0.39, 0.29) is 5.91 Å². The summed E-state index contributed by atoms with van der Waals surface area (Å²) >= 11 is 1.48. The van der Waals surface area contributed by atoms with Crippen LogP contribution in [0.25, 0.3) is 0 Å². The maximum Gasteiger partial charge on any atom is 0.275 e. The number of hydrogen-bond donors (Lipinski definition) is 1. The average Bonchev–Trinajstić information content (AvgIpc) is 2.95.